The Morgan fingerprint density at radius 3 is 2.38 bits per heavy atom. The van der Waals surface area contributed by atoms with Gasteiger partial charge in [-0.2, -0.15) is 4.98 Å². The number of ether oxygens (including phenoxy) is 2. The van der Waals surface area contributed by atoms with Crippen LogP contribution in [0.1, 0.15) is 57.4 Å². The van der Waals surface area contributed by atoms with Crippen molar-refractivity contribution in [2.45, 2.75) is 102 Å². The Morgan fingerprint density at radius 2 is 1.68 bits per heavy atom. The Bertz CT molecular complexity index is 2930. The van der Waals surface area contributed by atoms with Gasteiger partial charge in [-0.25, -0.2) is 30.9 Å². The number of imidazole rings is 2. The minimum absolute atomic E-state index is 0.0142. The van der Waals surface area contributed by atoms with Crippen LogP contribution in [0.4, 0.5) is 16.2 Å². The lowest BCUT2D eigenvalue weighted by atomic mass is 10.1. The number of aromatic nitrogens is 8. The zero-order chi connectivity index (χ0) is 49.6. The molecule has 370 valence electrons. The lowest BCUT2D eigenvalue weighted by Crippen LogP contribution is -2.50. The molecule has 3 aliphatic heterocycles. The number of nitrogens with one attached hydrogen (secondary N) is 3. The largest absolute Gasteiger partial charge is 0.756 e. The third-order valence-corrected chi connectivity index (χ3v) is 19.7. The average molecular weight is 1030 g/mol. The van der Waals surface area contributed by atoms with Crippen LogP contribution in [-0.2, 0) is 57.7 Å². The van der Waals surface area contributed by atoms with E-state index in [4.69, 9.17) is 54.9 Å². The summed E-state index contributed by atoms with van der Waals surface area (Å²) in [5, 5.41) is 4.78. The first-order valence-corrected chi connectivity index (χ1v) is 28.5. The molecule has 3 saturated heterocycles. The number of phosphoric ester groups is 1. The van der Waals surface area contributed by atoms with E-state index < -0.39 is 114 Å². The molecule has 3 aliphatic rings. The van der Waals surface area contributed by atoms with Gasteiger partial charge in [-0.15, -0.1) is 0 Å². The lowest BCUT2D eigenvalue weighted by Gasteiger charge is -2.41. The molecule has 8 rings (SSSR count). The minimum atomic E-state index is -5.51. The molecule has 4 aromatic heterocycles. The molecular formula is C40H49FN11O13P2SSi-. The summed E-state index contributed by atoms with van der Waals surface area (Å²) in [6, 6.07) is 8.34. The van der Waals surface area contributed by atoms with Crippen LogP contribution < -0.4 is 21.1 Å². The van der Waals surface area contributed by atoms with Gasteiger partial charge in [0.15, 0.2) is 55.1 Å². The summed E-state index contributed by atoms with van der Waals surface area (Å²) in [6.07, 6.45) is -9.14. The molecule has 0 aliphatic carbocycles. The molecular weight excluding hydrogens is 984 g/mol. The van der Waals surface area contributed by atoms with Gasteiger partial charge >= 0.3 is 6.72 Å². The fourth-order valence-corrected chi connectivity index (χ4v) is 11.6. The summed E-state index contributed by atoms with van der Waals surface area (Å²) in [4.78, 5) is 80.4. The number of alkyl halides is 1. The first kappa shape index (κ1) is 50.6. The van der Waals surface area contributed by atoms with Crippen LogP contribution in [0.25, 0.3) is 27.2 Å². The number of anilines is 2. The number of aromatic amines is 1. The van der Waals surface area contributed by atoms with Gasteiger partial charge in [-0.05, 0) is 42.1 Å². The number of carbonyl (C=O) groups excluding carboxylic acids is 2. The number of benzene rings is 1. The molecule has 2 bridgehead atoms. The van der Waals surface area contributed by atoms with Crippen molar-refractivity contribution in [1.29, 1.82) is 0 Å². The van der Waals surface area contributed by atoms with Gasteiger partial charge in [0.1, 0.15) is 43.5 Å². The van der Waals surface area contributed by atoms with Crippen LogP contribution in [0.5, 0.6) is 0 Å². The second-order valence-corrected chi connectivity index (χ2v) is 27.1. The fourth-order valence-electron chi connectivity index (χ4n) is 7.30. The average Bonchev–Trinajstić information content (AvgIpc) is 4.06. The highest BCUT2D eigenvalue weighted by Gasteiger charge is 2.56. The van der Waals surface area contributed by atoms with Crippen molar-refractivity contribution in [3.63, 3.8) is 0 Å². The molecule has 69 heavy (non-hydrogen) atoms. The highest BCUT2D eigenvalue weighted by Crippen LogP contribution is 2.57. The highest BCUT2D eigenvalue weighted by atomic mass is 32.5. The van der Waals surface area contributed by atoms with Crippen molar-refractivity contribution in [3.8, 4) is 0 Å². The Hall–Kier alpha value is -4.78. The van der Waals surface area contributed by atoms with E-state index in [2.05, 4.69) is 45.4 Å². The third kappa shape index (κ3) is 10.6. The number of amides is 2. The number of rotatable bonds is 11. The summed E-state index contributed by atoms with van der Waals surface area (Å²) >= 11 is 5.91. The minimum Gasteiger partial charge on any atom is -0.756 e. The quantitative estimate of drug-likeness (QED) is 0.0695. The predicted octanol–water partition coefficient (Wildman–Crippen LogP) is 4.78. The molecule has 0 radical (unpaired) electrons. The van der Waals surface area contributed by atoms with E-state index in [1.165, 1.54) is 21.8 Å². The van der Waals surface area contributed by atoms with E-state index in [0.717, 1.165) is 6.33 Å². The number of carbonyl (C=O) groups is 2. The summed E-state index contributed by atoms with van der Waals surface area (Å²) in [7, 11) is -8.39. The van der Waals surface area contributed by atoms with E-state index >= 15 is 4.39 Å². The van der Waals surface area contributed by atoms with Crippen molar-refractivity contribution in [2.75, 3.05) is 37.0 Å². The van der Waals surface area contributed by atoms with Crippen LogP contribution >= 0.6 is 14.5 Å². The van der Waals surface area contributed by atoms with Gasteiger partial charge in [0.2, 0.25) is 18.4 Å². The number of hydrogen-bond donors (Lipinski definition) is 3. The molecule has 24 nitrogen and oxygen atoms in total. The molecule has 10 atom stereocenters. The maximum atomic E-state index is 17.2. The van der Waals surface area contributed by atoms with Crippen LogP contribution in [0.2, 0.25) is 18.1 Å². The molecule has 0 spiro atoms. The van der Waals surface area contributed by atoms with Gasteiger partial charge in [0, 0.05) is 11.5 Å². The standard InChI is InChI=1S/C40H50FN11O13P2SSi/c1-21(2)34(53)49-39-48-33-27(36(55)50-39)46-20-52(33)38-30-29(65-69(7,8)40(3,4)5)24(62-38)17-60-67(68,58-15-14-42-6)64-28-23(16-59-66(56,57)63-30)61-37(25(28)41)51-19-45-26-31(43-18-44-32(26)51)47-35(54)22-12-10-9-11-13-22/h9-13,18-21,23-25,28-30,37-38H,14-17H2,1-5,7-8H3,(H,56,57)(H,43,44,47,54)(H2,48,49,50,53,55)/p-1/t23-,24-,25?,28+,29+,30?,37-,38-,67?/m1/s1. The van der Waals surface area contributed by atoms with E-state index in [1.807, 2.05) is 33.9 Å². The molecule has 1 aromatic carbocycles. The van der Waals surface area contributed by atoms with Crippen molar-refractivity contribution in [1.82, 2.24) is 39.0 Å². The molecule has 0 saturated carbocycles. The lowest BCUT2D eigenvalue weighted by molar-refractivity contribution is -0.237. The maximum absolute atomic E-state index is 17.2. The van der Waals surface area contributed by atoms with Gasteiger partial charge in [0.05, 0.1) is 25.9 Å². The Labute approximate surface area is 399 Å². The molecule has 2 amide bonds. The number of phosphoric acid groups is 1. The Morgan fingerprint density at radius 1 is 1.00 bits per heavy atom. The molecule has 29 heteroatoms. The van der Waals surface area contributed by atoms with Crippen molar-refractivity contribution >= 4 is 80.6 Å². The number of fused-ring (bicyclic) bond motifs is 5. The van der Waals surface area contributed by atoms with Crippen LogP contribution in [-0.4, -0.2) is 122 Å². The Balaban J connectivity index is 1.16. The van der Waals surface area contributed by atoms with Gasteiger partial charge in [-0.3, -0.25) is 42.9 Å². The van der Waals surface area contributed by atoms with E-state index in [0.29, 0.717) is 5.56 Å². The molecule has 5 aromatic rings. The summed E-state index contributed by atoms with van der Waals surface area (Å²) in [6.45, 7) is 14.3. The topological polar surface area (TPSA) is 284 Å². The van der Waals surface area contributed by atoms with Gasteiger partial charge < -0.3 is 47.0 Å². The summed E-state index contributed by atoms with van der Waals surface area (Å²) < 4.78 is 83.4. The van der Waals surface area contributed by atoms with E-state index in [-0.39, 0.29) is 47.2 Å². The summed E-state index contributed by atoms with van der Waals surface area (Å²) in [5.41, 5.74) is -0.578. The Kier molecular flexibility index (Phi) is 14.5. The second-order valence-electron chi connectivity index (χ2n) is 18.0. The molecule has 3 fully saturated rings. The zero-order valence-corrected chi connectivity index (χ0v) is 41.8. The van der Waals surface area contributed by atoms with Gasteiger partial charge in [0.25, 0.3) is 19.3 Å². The first-order valence-electron chi connectivity index (χ1n) is 21.6. The number of hydrogen-bond acceptors (Lipinski definition) is 19. The maximum Gasteiger partial charge on any atom is 0.328 e. The SMILES string of the molecule is [C-]#[N+]CCOP1(=S)OC[C@H]2O[C@@H](n3cnc4c(=O)[nH]c(NC(=O)C(C)C)nc43)C(OP(=O)([O-])OC[C@H]3O[C@@H](n4cnc5c(NC(=O)c6ccccc6)ncnc54)C(F)[C@H]3O1)[C@H]2O[Si](C)(C)C(C)(C)C. The smallest absolute Gasteiger partial charge is 0.328 e. The van der Waals surface area contributed by atoms with Crippen LogP contribution in [0, 0.1) is 12.5 Å². The fraction of sp³-hybridized carbons (Fsp3) is 0.525. The van der Waals surface area contributed by atoms with E-state index in [1.54, 1.807) is 44.2 Å². The van der Waals surface area contributed by atoms with Gasteiger partial charge in [-0.1, -0.05) is 52.8 Å². The number of nitrogens with zero attached hydrogens (tertiary/aromatic N) is 8. The second kappa shape index (κ2) is 19.8. The third-order valence-electron chi connectivity index (χ3n) is 11.9. The van der Waals surface area contributed by atoms with Crippen LogP contribution in [0.3, 0.4) is 0 Å². The monoisotopic (exact) mass is 1030 g/mol. The molecule has 7 heterocycles. The normalized spacial score (nSPS) is 28.9. The number of halogens is 1. The first-order chi connectivity index (χ1) is 32.6. The van der Waals surface area contributed by atoms with Crippen molar-refractivity contribution < 1.29 is 60.0 Å². The zero-order valence-electron chi connectivity index (χ0n) is 38.2. The van der Waals surface area contributed by atoms with Crippen LogP contribution in [0.15, 0.2) is 54.1 Å². The summed E-state index contributed by atoms with van der Waals surface area (Å²) in [5.74, 6) is -1.62. The predicted molar refractivity (Wildman–Crippen MR) is 247 cm³/mol. The molecule has 3 N–H and O–H groups in total. The number of H-pyrrole nitrogens is 1. The highest BCUT2D eigenvalue weighted by molar-refractivity contribution is 8.07. The van der Waals surface area contributed by atoms with Crippen molar-refractivity contribution in [3.05, 3.63) is 76.6 Å². The van der Waals surface area contributed by atoms with E-state index in [9.17, 15) is 23.8 Å². The van der Waals surface area contributed by atoms with Crippen molar-refractivity contribution in [2.24, 2.45) is 5.92 Å². The molecule has 4 unspecified atom stereocenters.